The summed E-state index contributed by atoms with van der Waals surface area (Å²) < 4.78 is 32.6. The first-order valence-electron chi connectivity index (χ1n) is 10.8. The minimum Gasteiger partial charge on any atom is -0.497 e. The van der Waals surface area contributed by atoms with Crippen molar-refractivity contribution in [3.05, 3.63) is 54.6 Å². The van der Waals surface area contributed by atoms with Gasteiger partial charge in [-0.15, -0.1) is 0 Å². The highest BCUT2D eigenvalue weighted by Crippen LogP contribution is 2.27. The van der Waals surface area contributed by atoms with Crippen molar-refractivity contribution in [3.8, 4) is 5.75 Å². The number of carbonyl (C=O) groups is 1. The summed E-state index contributed by atoms with van der Waals surface area (Å²) in [5.41, 5.74) is 1.14. The maximum Gasteiger partial charge on any atom is 0.243 e. The number of hydrogen-bond donors (Lipinski definition) is 1. The third-order valence-corrected chi connectivity index (χ3v) is 8.06. The molecule has 2 saturated heterocycles. The number of benzene rings is 2. The largest absolute Gasteiger partial charge is 0.497 e. The number of ether oxygens (including phenoxy) is 1. The summed E-state index contributed by atoms with van der Waals surface area (Å²) in [6.45, 7) is 2.06. The highest BCUT2D eigenvalue weighted by Gasteiger charge is 2.40. The molecule has 0 aliphatic carbocycles. The predicted octanol–water partition coefficient (Wildman–Crippen LogP) is 2.63. The number of sulfonamides is 1. The first kappa shape index (κ1) is 21.6. The predicted molar refractivity (Wildman–Crippen MR) is 120 cm³/mol. The molecule has 2 fully saturated rings. The number of amides is 1. The monoisotopic (exact) mass is 443 g/mol. The molecule has 2 aromatic rings. The van der Waals surface area contributed by atoms with Crippen LogP contribution in [-0.2, 0) is 14.8 Å². The maximum absolute atomic E-state index is 13.0. The third kappa shape index (κ3) is 4.70. The molecule has 0 spiro atoms. The first-order chi connectivity index (χ1) is 15.0. The third-order valence-electron chi connectivity index (χ3n) is 6.14. The molecular formula is C23H29N3O4S. The van der Waals surface area contributed by atoms with Gasteiger partial charge in [-0.25, -0.2) is 8.42 Å². The summed E-state index contributed by atoms with van der Waals surface area (Å²) in [4.78, 5) is 15.5. The molecule has 166 valence electrons. The molecule has 1 unspecified atom stereocenters. The van der Waals surface area contributed by atoms with Gasteiger partial charge in [0.2, 0.25) is 15.9 Å². The van der Waals surface area contributed by atoms with Crippen LogP contribution in [0.15, 0.2) is 59.5 Å². The van der Waals surface area contributed by atoms with Crippen molar-refractivity contribution in [2.45, 2.75) is 42.7 Å². The van der Waals surface area contributed by atoms with E-state index in [2.05, 4.69) is 10.2 Å². The fourth-order valence-corrected chi connectivity index (χ4v) is 6.07. The molecule has 7 nitrogen and oxygen atoms in total. The van der Waals surface area contributed by atoms with E-state index in [1.165, 1.54) is 4.31 Å². The average molecular weight is 444 g/mol. The fourth-order valence-electron chi connectivity index (χ4n) is 4.39. The zero-order valence-corrected chi connectivity index (χ0v) is 18.6. The van der Waals surface area contributed by atoms with Crippen LogP contribution in [-0.4, -0.2) is 57.5 Å². The van der Waals surface area contributed by atoms with Crippen molar-refractivity contribution in [3.63, 3.8) is 0 Å². The highest BCUT2D eigenvalue weighted by atomic mass is 32.2. The second-order valence-electron chi connectivity index (χ2n) is 8.05. The normalized spacial score (nSPS) is 20.5. The van der Waals surface area contributed by atoms with Gasteiger partial charge in [0, 0.05) is 31.4 Å². The van der Waals surface area contributed by atoms with Gasteiger partial charge in [0.05, 0.1) is 12.0 Å². The van der Waals surface area contributed by atoms with Crippen molar-refractivity contribution in [1.82, 2.24) is 9.62 Å². The lowest BCUT2D eigenvalue weighted by molar-refractivity contribution is -0.125. The van der Waals surface area contributed by atoms with Gasteiger partial charge < -0.3 is 15.0 Å². The van der Waals surface area contributed by atoms with E-state index in [0.29, 0.717) is 19.4 Å². The number of rotatable bonds is 6. The zero-order valence-electron chi connectivity index (χ0n) is 17.7. The van der Waals surface area contributed by atoms with Crippen molar-refractivity contribution in [1.29, 1.82) is 0 Å². The van der Waals surface area contributed by atoms with E-state index in [1.807, 2.05) is 24.3 Å². The molecule has 0 aromatic heterocycles. The molecule has 8 heteroatoms. The number of nitrogens with one attached hydrogen (secondary N) is 1. The van der Waals surface area contributed by atoms with Crippen LogP contribution in [0.5, 0.6) is 5.75 Å². The van der Waals surface area contributed by atoms with E-state index in [9.17, 15) is 13.2 Å². The molecule has 1 atom stereocenters. The van der Waals surface area contributed by atoms with Crippen LogP contribution in [0.4, 0.5) is 5.69 Å². The summed E-state index contributed by atoms with van der Waals surface area (Å²) in [7, 11) is -2.02. The minimum absolute atomic E-state index is 0.0591. The molecule has 0 bridgehead atoms. The number of anilines is 1. The number of hydrogen-bond acceptors (Lipinski definition) is 5. The number of piperidine rings is 1. The van der Waals surface area contributed by atoms with Crippen LogP contribution in [0.2, 0.25) is 0 Å². The van der Waals surface area contributed by atoms with E-state index in [0.717, 1.165) is 37.4 Å². The van der Waals surface area contributed by atoms with Gasteiger partial charge >= 0.3 is 0 Å². The highest BCUT2D eigenvalue weighted by molar-refractivity contribution is 7.89. The lowest BCUT2D eigenvalue weighted by Crippen LogP contribution is -2.51. The van der Waals surface area contributed by atoms with E-state index in [1.54, 1.807) is 37.4 Å². The van der Waals surface area contributed by atoms with Crippen LogP contribution in [0.3, 0.4) is 0 Å². The lowest BCUT2D eigenvalue weighted by atomic mass is 10.0. The summed E-state index contributed by atoms with van der Waals surface area (Å²) in [5.74, 6) is 0.650. The van der Waals surface area contributed by atoms with Crippen LogP contribution in [0, 0.1) is 0 Å². The van der Waals surface area contributed by atoms with Gasteiger partial charge in [0.15, 0.2) is 0 Å². The van der Waals surface area contributed by atoms with Gasteiger partial charge in [0.25, 0.3) is 0 Å². The molecule has 0 saturated carbocycles. The molecule has 2 heterocycles. The second kappa shape index (κ2) is 9.28. The molecule has 0 radical (unpaired) electrons. The molecule has 2 aliphatic heterocycles. The van der Waals surface area contributed by atoms with E-state index >= 15 is 0 Å². The number of nitrogens with zero attached hydrogens (tertiary/aromatic N) is 2. The van der Waals surface area contributed by atoms with Gasteiger partial charge in [0.1, 0.15) is 11.8 Å². The Morgan fingerprint density at radius 2 is 1.65 bits per heavy atom. The Morgan fingerprint density at radius 3 is 2.29 bits per heavy atom. The summed E-state index contributed by atoms with van der Waals surface area (Å²) in [6.07, 6.45) is 2.91. The standard InChI is InChI=1S/C23H29N3O4S/c1-30-20-11-9-19(10-12-20)25-16-13-18(14-17-25)24-23(27)22-8-5-15-26(22)31(28,29)21-6-3-2-4-7-21/h2-4,6-7,9-12,18,22H,5,8,13-17H2,1H3,(H,24,27). The topological polar surface area (TPSA) is 79.0 Å². The molecule has 31 heavy (non-hydrogen) atoms. The van der Waals surface area contributed by atoms with Crippen molar-refractivity contribution in [2.75, 3.05) is 31.6 Å². The Labute approximate surface area is 184 Å². The van der Waals surface area contributed by atoms with Crippen molar-refractivity contribution < 1.29 is 17.9 Å². The quantitative estimate of drug-likeness (QED) is 0.743. The summed E-state index contributed by atoms with van der Waals surface area (Å²) in [5, 5.41) is 3.11. The molecule has 4 rings (SSSR count). The minimum atomic E-state index is -3.67. The molecule has 2 aromatic carbocycles. The van der Waals surface area contributed by atoms with Gasteiger partial charge in [-0.1, -0.05) is 18.2 Å². The maximum atomic E-state index is 13.0. The Morgan fingerprint density at radius 1 is 0.968 bits per heavy atom. The fraction of sp³-hybridized carbons (Fsp3) is 0.435. The van der Waals surface area contributed by atoms with Crippen molar-refractivity contribution >= 4 is 21.6 Å². The summed E-state index contributed by atoms with van der Waals surface area (Å²) in [6, 6.07) is 15.8. The SMILES string of the molecule is COc1ccc(N2CCC(NC(=O)C3CCCN3S(=O)(=O)c3ccccc3)CC2)cc1. The summed E-state index contributed by atoms with van der Waals surface area (Å²) >= 11 is 0. The molecular weight excluding hydrogens is 414 g/mol. The smallest absolute Gasteiger partial charge is 0.243 e. The Bertz CT molecular complexity index is 987. The van der Waals surface area contributed by atoms with Crippen LogP contribution in [0.1, 0.15) is 25.7 Å². The van der Waals surface area contributed by atoms with Crippen molar-refractivity contribution in [2.24, 2.45) is 0 Å². The second-order valence-corrected chi connectivity index (χ2v) is 9.95. The van der Waals surface area contributed by atoms with Gasteiger partial charge in [-0.05, 0) is 62.1 Å². The lowest BCUT2D eigenvalue weighted by Gasteiger charge is -2.35. The van der Waals surface area contributed by atoms with Gasteiger partial charge in [-0.2, -0.15) is 4.31 Å². The first-order valence-corrected chi connectivity index (χ1v) is 12.2. The molecule has 2 aliphatic rings. The Kier molecular flexibility index (Phi) is 6.48. The number of methoxy groups -OCH3 is 1. The Balaban J connectivity index is 1.35. The zero-order chi connectivity index (χ0) is 21.8. The van der Waals surface area contributed by atoms with Gasteiger partial charge in [-0.3, -0.25) is 4.79 Å². The average Bonchev–Trinajstić information content (AvgIpc) is 3.31. The molecule has 1 N–H and O–H groups in total. The van der Waals surface area contributed by atoms with E-state index < -0.39 is 16.1 Å². The van der Waals surface area contributed by atoms with Crippen LogP contribution < -0.4 is 15.0 Å². The van der Waals surface area contributed by atoms with E-state index in [4.69, 9.17) is 4.74 Å². The van der Waals surface area contributed by atoms with E-state index in [-0.39, 0.29) is 16.8 Å². The Hall–Kier alpha value is -2.58. The molecule has 1 amide bonds. The number of carbonyl (C=O) groups excluding carboxylic acids is 1. The van der Waals surface area contributed by atoms with Crippen LogP contribution in [0.25, 0.3) is 0 Å². The van der Waals surface area contributed by atoms with Crippen LogP contribution >= 0.6 is 0 Å².